The fraction of sp³-hybridized carbons (Fsp3) is 0.273. The summed E-state index contributed by atoms with van der Waals surface area (Å²) in [5.41, 5.74) is 1.46. The molecule has 0 fully saturated rings. The van der Waals surface area contributed by atoms with Crippen molar-refractivity contribution in [3.8, 4) is 5.75 Å². The van der Waals surface area contributed by atoms with Crippen molar-refractivity contribution in [1.29, 1.82) is 0 Å². The lowest BCUT2D eigenvalue weighted by Crippen LogP contribution is -2.19. The summed E-state index contributed by atoms with van der Waals surface area (Å²) >= 11 is 6.12. The lowest BCUT2D eigenvalue weighted by atomic mass is 10.0. The van der Waals surface area contributed by atoms with E-state index in [9.17, 15) is 4.39 Å². The van der Waals surface area contributed by atoms with Gasteiger partial charge in [-0.15, -0.1) is 0 Å². The molecular weight excluding hydrogens is 349 g/mol. The van der Waals surface area contributed by atoms with Crippen LogP contribution >= 0.6 is 11.6 Å². The molecule has 0 unspecified atom stereocenters. The van der Waals surface area contributed by atoms with E-state index in [0.29, 0.717) is 23.0 Å². The van der Waals surface area contributed by atoms with Gasteiger partial charge in [-0.05, 0) is 41.4 Å². The van der Waals surface area contributed by atoms with E-state index < -0.39 is 0 Å². The fourth-order valence-corrected chi connectivity index (χ4v) is 3.16. The molecule has 0 saturated carbocycles. The molecule has 1 N–H and O–H groups in total. The standard InChI is InChI=1S/C22H23ClFNO/c1-15(2)12-25-13-18-17-7-4-3-6-16(17)10-11-22(18)26-14-19-20(23)8-5-9-21(19)24/h3-11,15,25H,12-14H2,1-2H3. The van der Waals surface area contributed by atoms with Crippen molar-refractivity contribution in [3.05, 3.63) is 76.6 Å². The van der Waals surface area contributed by atoms with Gasteiger partial charge in [0.2, 0.25) is 0 Å². The Labute approximate surface area is 158 Å². The van der Waals surface area contributed by atoms with Crippen LogP contribution in [0.3, 0.4) is 0 Å². The monoisotopic (exact) mass is 371 g/mol. The van der Waals surface area contributed by atoms with Crippen molar-refractivity contribution in [3.63, 3.8) is 0 Å². The molecule has 0 bridgehead atoms. The van der Waals surface area contributed by atoms with E-state index >= 15 is 0 Å². The SMILES string of the molecule is CC(C)CNCc1c(OCc2c(F)cccc2Cl)ccc2ccccc12. The summed E-state index contributed by atoms with van der Waals surface area (Å²) in [5.74, 6) is 0.962. The zero-order valence-electron chi connectivity index (χ0n) is 15.1. The van der Waals surface area contributed by atoms with E-state index in [1.807, 2.05) is 24.3 Å². The van der Waals surface area contributed by atoms with E-state index in [2.05, 4.69) is 31.3 Å². The molecule has 0 atom stereocenters. The Bertz CT molecular complexity index is 874. The third kappa shape index (κ3) is 4.35. The summed E-state index contributed by atoms with van der Waals surface area (Å²) in [5, 5.41) is 6.15. The lowest BCUT2D eigenvalue weighted by molar-refractivity contribution is 0.296. The van der Waals surface area contributed by atoms with Crippen LogP contribution in [-0.2, 0) is 13.2 Å². The van der Waals surface area contributed by atoms with Gasteiger partial charge in [0.15, 0.2) is 0 Å². The van der Waals surface area contributed by atoms with Gasteiger partial charge in [0, 0.05) is 17.7 Å². The smallest absolute Gasteiger partial charge is 0.131 e. The molecule has 0 heterocycles. The predicted octanol–water partition coefficient (Wildman–Crippen LogP) is 5.96. The van der Waals surface area contributed by atoms with Crippen molar-refractivity contribution < 1.29 is 9.13 Å². The summed E-state index contributed by atoms with van der Waals surface area (Å²) in [6.07, 6.45) is 0. The van der Waals surface area contributed by atoms with Gasteiger partial charge in [-0.3, -0.25) is 0 Å². The van der Waals surface area contributed by atoms with Crippen molar-refractivity contribution in [1.82, 2.24) is 5.32 Å². The minimum Gasteiger partial charge on any atom is -0.488 e. The first-order valence-corrected chi connectivity index (χ1v) is 9.21. The molecule has 26 heavy (non-hydrogen) atoms. The van der Waals surface area contributed by atoms with Crippen LogP contribution in [0, 0.1) is 11.7 Å². The second-order valence-corrected chi connectivity index (χ2v) is 7.18. The largest absolute Gasteiger partial charge is 0.488 e. The number of rotatable bonds is 7. The second-order valence-electron chi connectivity index (χ2n) is 6.78. The van der Waals surface area contributed by atoms with Gasteiger partial charge >= 0.3 is 0 Å². The van der Waals surface area contributed by atoms with Gasteiger partial charge in [0.1, 0.15) is 18.2 Å². The van der Waals surface area contributed by atoms with Crippen LogP contribution in [0.15, 0.2) is 54.6 Å². The molecule has 136 valence electrons. The normalized spacial score (nSPS) is 11.3. The highest BCUT2D eigenvalue weighted by Crippen LogP contribution is 2.30. The van der Waals surface area contributed by atoms with Crippen LogP contribution in [-0.4, -0.2) is 6.54 Å². The molecule has 3 aromatic rings. The molecule has 0 saturated heterocycles. The first kappa shape index (κ1) is 18.7. The van der Waals surface area contributed by atoms with Gasteiger partial charge in [0.05, 0.1) is 5.02 Å². The maximum absolute atomic E-state index is 14.0. The Morgan fingerprint density at radius 2 is 1.81 bits per heavy atom. The highest BCUT2D eigenvalue weighted by Gasteiger charge is 2.12. The molecule has 2 nitrogen and oxygen atoms in total. The molecule has 3 aromatic carbocycles. The number of fused-ring (bicyclic) bond motifs is 1. The van der Waals surface area contributed by atoms with Crippen LogP contribution in [0.2, 0.25) is 5.02 Å². The Morgan fingerprint density at radius 3 is 2.58 bits per heavy atom. The summed E-state index contributed by atoms with van der Waals surface area (Å²) in [6.45, 7) is 6.06. The Kier molecular flexibility index (Phi) is 6.12. The van der Waals surface area contributed by atoms with Crippen molar-refractivity contribution in [2.75, 3.05) is 6.54 Å². The molecule has 0 amide bonds. The summed E-state index contributed by atoms with van der Waals surface area (Å²) in [6, 6.07) is 16.9. The Balaban J connectivity index is 1.89. The Hall–Kier alpha value is -2.10. The van der Waals surface area contributed by atoms with E-state index in [-0.39, 0.29) is 12.4 Å². The molecular formula is C22H23ClFNO. The summed E-state index contributed by atoms with van der Waals surface area (Å²) in [7, 11) is 0. The van der Waals surface area contributed by atoms with Gasteiger partial charge in [-0.2, -0.15) is 0 Å². The molecule has 0 radical (unpaired) electrons. The van der Waals surface area contributed by atoms with Crippen LogP contribution in [0.25, 0.3) is 10.8 Å². The summed E-state index contributed by atoms with van der Waals surface area (Å²) < 4.78 is 20.0. The van der Waals surface area contributed by atoms with E-state index in [1.54, 1.807) is 12.1 Å². The van der Waals surface area contributed by atoms with Crippen molar-refractivity contribution in [2.45, 2.75) is 27.0 Å². The zero-order chi connectivity index (χ0) is 18.5. The maximum Gasteiger partial charge on any atom is 0.131 e. The quantitative estimate of drug-likeness (QED) is 0.553. The second kappa shape index (κ2) is 8.52. The first-order chi connectivity index (χ1) is 12.6. The fourth-order valence-electron chi connectivity index (χ4n) is 2.94. The highest BCUT2D eigenvalue weighted by atomic mass is 35.5. The van der Waals surface area contributed by atoms with Gasteiger partial charge in [-0.1, -0.05) is 61.8 Å². The van der Waals surface area contributed by atoms with E-state index in [4.69, 9.17) is 16.3 Å². The van der Waals surface area contributed by atoms with Crippen LogP contribution in [0.1, 0.15) is 25.0 Å². The molecule has 0 aliphatic carbocycles. The number of benzene rings is 3. The van der Waals surface area contributed by atoms with Gasteiger partial charge in [-0.25, -0.2) is 4.39 Å². The average molecular weight is 372 g/mol. The van der Waals surface area contributed by atoms with Crippen molar-refractivity contribution >= 4 is 22.4 Å². The van der Waals surface area contributed by atoms with Crippen molar-refractivity contribution in [2.24, 2.45) is 5.92 Å². The van der Waals surface area contributed by atoms with Crippen LogP contribution < -0.4 is 10.1 Å². The number of ether oxygens (including phenoxy) is 1. The average Bonchev–Trinajstić information content (AvgIpc) is 2.62. The number of halogens is 2. The van der Waals surface area contributed by atoms with Crippen LogP contribution in [0.4, 0.5) is 4.39 Å². The van der Waals surface area contributed by atoms with E-state index in [1.165, 1.54) is 6.07 Å². The predicted molar refractivity (Wildman–Crippen MR) is 106 cm³/mol. The van der Waals surface area contributed by atoms with Gasteiger partial charge in [0.25, 0.3) is 0 Å². The molecule has 0 aliphatic rings. The third-order valence-electron chi connectivity index (χ3n) is 4.29. The lowest BCUT2D eigenvalue weighted by Gasteiger charge is -2.16. The number of nitrogens with one attached hydrogen (secondary N) is 1. The molecule has 4 heteroatoms. The molecule has 0 aromatic heterocycles. The highest BCUT2D eigenvalue weighted by molar-refractivity contribution is 6.31. The number of hydrogen-bond acceptors (Lipinski definition) is 2. The van der Waals surface area contributed by atoms with Crippen LogP contribution in [0.5, 0.6) is 5.75 Å². The summed E-state index contributed by atoms with van der Waals surface area (Å²) in [4.78, 5) is 0. The number of hydrogen-bond donors (Lipinski definition) is 1. The first-order valence-electron chi connectivity index (χ1n) is 8.83. The topological polar surface area (TPSA) is 21.3 Å². The molecule has 3 rings (SSSR count). The molecule has 0 spiro atoms. The zero-order valence-corrected chi connectivity index (χ0v) is 15.8. The Morgan fingerprint density at radius 1 is 1.00 bits per heavy atom. The minimum absolute atomic E-state index is 0.0982. The van der Waals surface area contributed by atoms with E-state index in [0.717, 1.165) is 28.6 Å². The maximum atomic E-state index is 14.0. The minimum atomic E-state index is -0.349. The van der Waals surface area contributed by atoms with Gasteiger partial charge < -0.3 is 10.1 Å². The third-order valence-corrected chi connectivity index (χ3v) is 4.64. The molecule has 0 aliphatic heterocycles.